The summed E-state index contributed by atoms with van der Waals surface area (Å²) in [5.74, 6) is -0.321. The summed E-state index contributed by atoms with van der Waals surface area (Å²) >= 11 is 1.13. The Kier molecular flexibility index (Phi) is 3.85. The van der Waals surface area contributed by atoms with Gasteiger partial charge >= 0.3 is 0 Å². The van der Waals surface area contributed by atoms with Crippen molar-refractivity contribution in [2.45, 2.75) is 20.8 Å². The topological polar surface area (TPSA) is 72.2 Å². The molecule has 0 aliphatic carbocycles. The number of carbonyl (C=O) groups excluding carboxylic acids is 1. The first-order chi connectivity index (χ1) is 9.38. The van der Waals surface area contributed by atoms with Gasteiger partial charge in [-0.3, -0.25) is 14.9 Å². The quantitative estimate of drug-likeness (QED) is 0.689. The molecule has 0 unspecified atom stereocenters. The average Bonchev–Trinajstić information content (AvgIpc) is 2.75. The summed E-state index contributed by atoms with van der Waals surface area (Å²) in [6.07, 6.45) is 0. The van der Waals surface area contributed by atoms with E-state index in [-0.39, 0.29) is 11.6 Å². The normalized spacial score (nSPS) is 10.3. The van der Waals surface area contributed by atoms with Crippen LogP contribution in [0.5, 0.6) is 0 Å². The molecule has 0 saturated carbocycles. The van der Waals surface area contributed by atoms with Crippen molar-refractivity contribution >= 4 is 28.6 Å². The highest BCUT2D eigenvalue weighted by atomic mass is 32.1. The molecule has 1 aromatic carbocycles. The molecule has 104 valence electrons. The van der Waals surface area contributed by atoms with Crippen LogP contribution in [0.25, 0.3) is 0 Å². The third-order valence-electron chi connectivity index (χ3n) is 2.94. The lowest BCUT2D eigenvalue weighted by molar-refractivity contribution is -0.385. The average molecular weight is 290 g/mol. The number of hydrogen-bond acceptors (Lipinski definition) is 4. The third-order valence-corrected chi connectivity index (χ3v) is 3.98. The van der Waals surface area contributed by atoms with Gasteiger partial charge in [-0.25, -0.2) is 0 Å². The molecule has 0 fully saturated rings. The summed E-state index contributed by atoms with van der Waals surface area (Å²) < 4.78 is 0. The first-order valence-corrected chi connectivity index (χ1v) is 6.83. The van der Waals surface area contributed by atoms with Gasteiger partial charge in [0.15, 0.2) is 0 Å². The predicted octanol–water partition coefficient (Wildman–Crippen LogP) is 3.83. The van der Waals surface area contributed by atoms with Gasteiger partial charge in [-0.1, -0.05) is 17.7 Å². The predicted molar refractivity (Wildman–Crippen MR) is 79.6 cm³/mol. The molecule has 1 heterocycles. The highest BCUT2D eigenvalue weighted by Gasteiger charge is 2.19. The van der Waals surface area contributed by atoms with E-state index in [2.05, 4.69) is 5.32 Å². The second kappa shape index (κ2) is 5.42. The zero-order chi connectivity index (χ0) is 14.9. The summed E-state index contributed by atoms with van der Waals surface area (Å²) in [6, 6.07) is 7.03. The molecule has 6 heteroatoms. The number of rotatable bonds is 3. The van der Waals surface area contributed by atoms with E-state index in [0.717, 1.165) is 22.5 Å². The summed E-state index contributed by atoms with van der Waals surface area (Å²) in [7, 11) is 0. The Bertz CT molecular complexity index is 692. The standard InChI is InChI=1S/C14H14N2O3S/c1-8-4-5-11(9(2)6-8)15-14(17)13-7-12(16(18)19)10(3)20-13/h4-7H,1-3H3,(H,15,17). The summed E-state index contributed by atoms with van der Waals surface area (Å²) in [4.78, 5) is 23.3. The minimum atomic E-state index is -0.472. The van der Waals surface area contributed by atoms with E-state index in [1.807, 2.05) is 32.0 Å². The summed E-state index contributed by atoms with van der Waals surface area (Å²) in [5.41, 5.74) is 2.78. The minimum Gasteiger partial charge on any atom is -0.321 e. The van der Waals surface area contributed by atoms with E-state index in [1.54, 1.807) is 6.92 Å². The Morgan fingerprint density at radius 1 is 1.25 bits per heavy atom. The molecule has 5 nitrogen and oxygen atoms in total. The Balaban J connectivity index is 2.24. The molecule has 1 aromatic heterocycles. The van der Waals surface area contributed by atoms with Gasteiger partial charge in [0, 0.05) is 11.8 Å². The molecule has 0 saturated heterocycles. The number of thiophene rings is 1. The largest absolute Gasteiger partial charge is 0.321 e. The molecule has 0 aliphatic heterocycles. The fraction of sp³-hybridized carbons (Fsp3) is 0.214. The fourth-order valence-electron chi connectivity index (χ4n) is 1.90. The van der Waals surface area contributed by atoms with Gasteiger partial charge in [-0.2, -0.15) is 0 Å². The van der Waals surface area contributed by atoms with Crippen LogP contribution < -0.4 is 5.32 Å². The number of carbonyl (C=O) groups is 1. The smallest absolute Gasteiger partial charge is 0.283 e. The van der Waals surface area contributed by atoms with Crippen LogP contribution >= 0.6 is 11.3 Å². The minimum absolute atomic E-state index is 0.0132. The van der Waals surface area contributed by atoms with Gasteiger partial charge < -0.3 is 5.32 Å². The Hall–Kier alpha value is -2.21. The number of nitrogens with zero attached hydrogens (tertiary/aromatic N) is 1. The second-order valence-corrected chi connectivity index (χ2v) is 5.84. The SMILES string of the molecule is Cc1ccc(NC(=O)c2cc([N+](=O)[O-])c(C)s2)c(C)c1. The maximum Gasteiger partial charge on any atom is 0.283 e. The van der Waals surface area contributed by atoms with Crippen molar-refractivity contribution in [2.75, 3.05) is 5.32 Å². The molecule has 0 aliphatic rings. The maximum atomic E-state index is 12.1. The van der Waals surface area contributed by atoms with Crippen molar-refractivity contribution in [1.82, 2.24) is 0 Å². The molecule has 0 atom stereocenters. The van der Waals surface area contributed by atoms with Gasteiger partial charge in [-0.05, 0) is 32.4 Å². The second-order valence-electron chi connectivity index (χ2n) is 4.58. The van der Waals surface area contributed by atoms with Crippen LogP contribution in [0.15, 0.2) is 24.3 Å². The molecule has 2 aromatic rings. The van der Waals surface area contributed by atoms with Gasteiger partial charge in [-0.15, -0.1) is 11.3 Å². The number of nitro groups is 1. The van der Waals surface area contributed by atoms with Crippen molar-refractivity contribution in [1.29, 1.82) is 0 Å². The Morgan fingerprint density at radius 3 is 2.50 bits per heavy atom. The number of hydrogen-bond donors (Lipinski definition) is 1. The molecular formula is C14H14N2O3S. The zero-order valence-electron chi connectivity index (χ0n) is 11.4. The number of aryl methyl sites for hydroxylation is 3. The van der Waals surface area contributed by atoms with E-state index in [9.17, 15) is 14.9 Å². The molecule has 1 N–H and O–H groups in total. The van der Waals surface area contributed by atoms with E-state index in [0.29, 0.717) is 15.4 Å². The lowest BCUT2D eigenvalue weighted by Gasteiger charge is -2.07. The van der Waals surface area contributed by atoms with Gasteiger partial charge in [0.05, 0.1) is 14.7 Å². The molecule has 20 heavy (non-hydrogen) atoms. The molecule has 1 amide bonds. The number of amides is 1. The van der Waals surface area contributed by atoms with E-state index in [1.165, 1.54) is 6.07 Å². The lowest BCUT2D eigenvalue weighted by atomic mass is 10.1. The van der Waals surface area contributed by atoms with E-state index >= 15 is 0 Å². The monoisotopic (exact) mass is 290 g/mol. The van der Waals surface area contributed by atoms with Crippen molar-refractivity contribution in [3.63, 3.8) is 0 Å². The van der Waals surface area contributed by atoms with Gasteiger partial charge in [0.1, 0.15) is 0 Å². The highest BCUT2D eigenvalue weighted by Crippen LogP contribution is 2.29. The van der Waals surface area contributed by atoms with Gasteiger partial charge in [0.2, 0.25) is 0 Å². The van der Waals surface area contributed by atoms with Crippen LogP contribution in [0.2, 0.25) is 0 Å². The van der Waals surface area contributed by atoms with Crippen molar-refractivity contribution in [3.05, 3.63) is 55.3 Å². The maximum absolute atomic E-state index is 12.1. The van der Waals surface area contributed by atoms with Crippen LogP contribution in [0.3, 0.4) is 0 Å². The van der Waals surface area contributed by atoms with Crippen LogP contribution in [-0.2, 0) is 0 Å². The number of nitrogens with one attached hydrogen (secondary N) is 1. The fourth-order valence-corrected chi connectivity index (χ4v) is 2.79. The Labute approximate surface area is 120 Å². The highest BCUT2D eigenvalue weighted by molar-refractivity contribution is 7.14. The number of benzene rings is 1. The van der Waals surface area contributed by atoms with Crippen LogP contribution in [0, 0.1) is 30.9 Å². The molecular weight excluding hydrogens is 276 g/mol. The van der Waals surface area contributed by atoms with Crippen LogP contribution in [-0.4, -0.2) is 10.8 Å². The Morgan fingerprint density at radius 2 is 1.95 bits per heavy atom. The zero-order valence-corrected chi connectivity index (χ0v) is 12.2. The first-order valence-electron chi connectivity index (χ1n) is 6.02. The third kappa shape index (κ3) is 2.85. The molecule has 0 bridgehead atoms. The van der Waals surface area contributed by atoms with Crippen molar-refractivity contribution < 1.29 is 9.72 Å². The molecule has 0 radical (unpaired) electrons. The summed E-state index contributed by atoms with van der Waals surface area (Å²) in [6.45, 7) is 5.52. The van der Waals surface area contributed by atoms with E-state index in [4.69, 9.17) is 0 Å². The van der Waals surface area contributed by atoms with Crippen molar-refractivity contribution in [3.8, 4) is 0 Å². The summed E-state index contributed by atoms with van der Waals surface area (Å²) in [5, 5.41) is 13.6. The van der Waals surface area contributed by atoms with E-state index < -0.39 is 4.92 Å². The van der Waals surface area contributed by atoms with Crippen LogP contribution in [0.4, 0.5) is 11.4 Å². The van der Waals surface area contributed by atoms with Crippen LogP contribution in [0.1, 0.15) is 25.7 Å². The lowest BCUT2D eigenvalue weighted by Crippen LogP contribution is -2.11. The molecule has 2 rings (SSSR count). The molecule has 0 spiro atoms. The van der Waals surface area contributed by atoms with Crippen molar-refractivity contribution in [2.24, 2.45) is 0 Å². The van der Waals surface area contributed by atoms with Gasteiger partial charge in [0.25, 0.3) is 11.6 Å². The number of anilines is 1. The first kappa shape index (κ1) is 14.2.